The van der Waals surface area contributed by atoms with Crippen LogP contribution in [0.1, 0.15) is 18.9 Å². The molecule has 3 aromatic rings. The van der Waals surface area contributed by atoms with E-state index in [2.05, 4.69) is 10.3 Å². The molecule has 4 rings (SSSR count). The summed E-state index contributed by atoms with van der Waals surface area (Å²) in [4.78, 5) is 29.4. The number of H-pyrrole nitrogens is 1. The molecule has 2 N–H and O–H groups in total. The van der Waals surface area contributed by atoms with Crippen LogP contribution in [-0.4, -0.2) is 33.6 Å². The molecule has 0 saturated carbocycles. The Labute approximate surface area is 155 Å². The van der Waals surface area contributed by atoms with Gasteiger partial charge < -0.3 is 15.2 Å². The van der Waals surface area contributed by atoms with Crippen LogP contribution < -0.4 is 11.0 Å². The number of halogens is 1. The standard InChI is InChI=1S/C19H19ClN4O2/c20-13-6-7-17-16(12-13)22-19(26)24(17)15-8-10-23(11-9-15)18(25)21-14-4-2-1-3-5-14/h1-7,12,15H,8-11H2,(H,21,25)(H,22,26). The van der Waals surface area contributed by atoms with Crippen LogP contribution in [0.15, 0.2) is 53.3 Å². The van der Waals surface area contributed by atoms with Gasteiger partial charge in [-0.15, -0.1) is 0 Å². The lowest BCUT2D eigenvalue weighted by Crippen LogP contribution is -2.42. The van der Waals surface area contributed by atoms with Crippen LogP contribution in [0.25, 0.3) is 11.0 Å². The maximum atomic E-state index is 12.4. The summed E-state index contributed by atoms with van der Waals surface area (Å²) in [5.41, 5.74) is 2.25. The molecule has 0 spiro atoms. The summed E-state index contributed by atoms with van der Waals surface area (Å²) in [7, 11) is 0. The van der Waals surface area contributed by atoms with Crippen molar-refractivity contribution in [1.29, 1.82) is 0 Å². The molecule has 2 aromatic carbocycles. The average molecular weight is 371 g/mol. The first-order valence-corrected chi connectivity index (χ1v) is 9.00. The lowest BCUT2D eigenvalue weighted by Gasteiger charge is -2.32. The molecule has 2 amide bonds. The normalized spacial score (nSPS) is 15.3. The summed E-state index contributed by atoms with van der Waals surface area (Å²) in [5.74, 6) is 0. The van der Waals surface area contributed by atoms with Gasteiger partial charge in [0.2, 0.25) is 0 Å². The number of hydrogen-bond donors (Lipinski definition) is 2. The zero-order valence-corrected chi connectivity index (χ0v) is 14.9. The van der Waals surface area contributed by atoms with Gasteiger partial charge in [-0.05, 0) is 43.2 Å². The maximum absolute atomic E-state index is 12.4. The summed E-state index contributed by atoms with van der Waals surface area (Å²) < 4.78 is 1.79. The Bertz CT molecular complexity index is 988. The Hall–Kier alpha value is -2.73. The van der Waals surface area contributed by atoms with E-state index in [9.17, 15) is 9.59 Å². The number of likely N-dealkylation sites (tertiary alicyclic amines) is 1. The molecule has 1 fully saturated rings. The Morgan fingerprint density at radius 2 is 1.85 bits per heavy atom. The van der Waals surface area contributed by atoms with Crippen LogP contribution in [-0.2, 0) is 0 Å². The van der Waals surface area contributed by atoms with Gasteiger partial charge in [-0.1, -0.05) is 29.8 Å². The zero-order valence-electron chi connectivity index (χ0n) is 14.1. The molecule has 0 atom stereocenters. The van der Waals surface area contributed by atoms with Crippen molar-refractivity contribution < 1.29 is 4.79 Å². The highest BCUT2D eigenvalue weighted by molar-refractivity contribution is 6.31. The molecule has 1 aliphatic rings. The van der Waals surface area contributed by atoms with Crippen LogP contribution in [0.5, 0.6) is 0 Å². The number of carbonyl (C=O) groups excluding carboxylic acids is 1. The first-order chi connectivity index (χ1) is 12.6. The number of piperidine rings is 1. The van der Waals surface area contributed by atoms with Crippen molar-refractivity contribution in [3.05, 3.63) is 64.0 Å². The molecule has 0 unspecified atom stereocenters. The van der Waals surface area contributed by atoms with Crippen LogP contribution >= 0.6 is 11.6 Å². The molecular formula is C19H19ClN4O2. The third-order valence-corrected chi connectivity index (χ3v) is 5.06. The van der Waals surface area contributed by atoms with Gasteiger partial charge >= 0.3 is 11.7 Å². The smallest absolute Gasteiger partial charge is 0.324 e. The fraction of sp³-hybridized carbons (Fsp3) is 0.263. The number of carbonyl (C=O) groups is 1. The second-order valence-electron chi connectivity index (χ2n) is 6.48. The van der Waals surface area contributed by atoms with Crippen LogP contribution in [0.3, 0.4) is 0 Å². The summed E-state index contributed by atoms with van der Waals surface area (Å²) in [6, 6.07) is 14.8. The summed E-state index contributed by atoms with van der Waals surface area (Å²) >= 11 is 6.00. The number of urea groups is 1. The zero-order chi connectivity index (χ0) is 18.1. The van der Waals surface area contributed by atoms with Crippen molar-refractivity contribution in [2.75, 3.05) is 18.4 Å². The molecule has 6 nitrogen and oxygen atoms in total. The largest absolute Gasteiger partial charge is 0.326 e. The minimum absolute atomic E-state index is 0.0678. The second kappa shape index (κ2) is 6.88. The van der Waals surface area contributed by atoms with Gasteiger partial charge in [0.1, 0.15) is 0 Å². The Morgan fingerprint density at radius 1 is 1.12 bits per heavy atom. The van der Waals surface area contributed by atoms with E-state index in [0.29, 0.717) is 18.1 Å². The topological polar surface area (TPSA) is 70.1 Å². The fourth-order valence-corrected chi connectivity index (χ4v) is 3.69. The number of nitrogens with zero attached hydrogens (tertiary/aromatic N) is 2. The Balaban J connectivity index is 1.46. The number of hydrogen-bond acceptors (Lipinski definition) is 2. The van der Waals surface area contributed by atoms with E-state index in [1.807, 2.05) is 36.4 Å². The van der Waals surface area contributed by atoms with E-state index in [0.717, 1.165) is 29.6 Å². The first-order valence-electron chi connectivity index (χ1n) is 8.62. The van der Waals surface area contributed by atoms with Crippen molar-refractivity contribution in [2.24, 2.45) is 0 Å². The Kier molecular flexibility index (Phi) is 4.42. The van der Waals surface area contributed by atoms with Crippen LogP contribution in [0.4, 0.5) is 10.5 Å². The van der Waals surface area contributed by atoms with Crippen LogP contribution in [0, 0.1) is 0 Å². The predicted octanol–water partition coefficient (Wildman–Crippen LogP) is 3.85. The number of imidazole rings is 1. The van der Waals surface area contributed by atoms with Gasteiger partial charge in [0, 0.05) is 29.8 Å². The van der Waals surface area contributed by atoms with Gasteiger partial charge in [0.05, 0.1) is 11.0 Å². The van der Waals surface area contributed by atoms with E-state index in [1.54, 1.807) is 21.6 Å². The second-order valence-corrected chi connectivity index (χ2v) is 6.91. The van der Waals surface area contributed by atoms with Crippen molar-refractivity contribution in [2.45, 2.75) is 18.9 Å². The monoisotopic (exact) mass is 370 g/mol. The van der Waals surface area contributed by atoms with E-state index >= 15 is 0 Å². The molecule has 1 saturated heterocycles. The van der Waals surface area contributed by atoms with Gasteiger partial charge in [0.25, 0.3) is 0 Å². The highest BCUT2D eigenvalue weighted by Crippen LogP contribution is 2.26. The van der Waals surface area contributed by atoms with E-state index in [4.69, 9.17) is 11.6 Å². The number of benzene rings is 2. The molecular weight excluding hydrogens is 352 g/mol. The number of aromatic amines is 1. The molecule has 1 aromatic heterocycles. The lowest BCUT2D eigenvalue weighted by molar-refractivity contribution is 0.184. The number of fused-ring (bicyclic) bond motifs is 1. The van der Waals surface area contributed by atoms with E-state index < -0.39 is 0 Å². The lowest BCUT2D eigenvalue weighted by atomic mass is 10.0. The van der Waals surface area contributed by atoms with Crippen molar-refractivity contribution in [1.82, 2.24) is 14.5 Å². The summed E-state index contributed by atoms with van der Waals surface area (Å²) in [6.07, 6.45) is 1.47. The molecule has 7 heteroatoms. The maximum Gasteiger partial charge on any atom is 0.326 e. The van der Waals surface area contributed by atoms with Gasteiger partial charge in [-0.3, -0.25) is 4.57 Å². The average Bonchev–Trinajstić information content (AvgIpc) is 2.97. The molecule has 0 aliphatic carbocycles. The van der Waals surface area contributed by atoms with Gasteiger partial charge in [-0.25, -0.2) is 9.59 Å². The predicted molar refractivity (Wildman–Crippen MR) is 103 cm³/mol. The Morgan fingerprint density at radius 3 is 2.58 bits per heavy atom. The highest BCUT2D eigenvalue weighted by Gasteiger charge is 2.26. The first kappa shape index (κ1) is 16.7. The minimum atomic E-state index is -0.130. The van der Waals surface area contributed by atoms with Crippen molar-refractivity contribution in [3.8, 4) is 0 Å². The minimum Gasteiger partial charge on any atom is -0.324 e. The summed E-state index contributed by atoms with van der Waals surface area (Å²) in [6.45, 7) is 1.21. The number of para-hydroxylation sites is 1. The number of amides is 2. The summed E-state index contributed by atoms with van der Waals surface area (Å²) in [5, 5.41) is 3.50. The van der Waals surface area contributed by atoms with E-state index in [1.165, 1.54) is 0 Å². The molecule has 0 bridgehead atoms. The van der Waals surface area contributed by atoms with E-state index in [-0.39, 0.29) is 17.8 Å². The fourth-order valence-electron chi connectivity index (χ4n) is 3.52. The number of anilines is 1. The third kappa shape index (κ3) is 3.20. The van der Waals surface area contributed by atoms with Gasteiger partial charge in [-0.2, -0.15) is 0 Å². The highest BCUT2D eigenvalue weighted by atomic mass is 35.5. The number of nitrogens with one attached hydrogen (secondary N) is 2. The molecule has 26 heavy (non-hydrogen) atoms. The molecule has 0 radical (unpaired) electrons. The van der Waals surface area contributed by atoms with Gasteiger partial charge in [0.15, 0.2) is 0 Å². The third-order valence-electron chi connectivity index (χ3n) is 4.82. The van der Waals surface area contributed by atoms with Crippen molar-refractivity contribution in [3.63, 3.8) is 0 Å². The van der Waals surface area contributed by atoms with Crippen LogP contribution in [0.2, 0.25) is 5.02 Å². The molecule has 1 aliphatic heterocycles. The number of rotatable bonds is 2. The molecule has 2 heterocycles. The SMILES string of the molecule is O=C(Nc1ccccc1)N1CCC(n2c(=O)[nH]c3cc(Cl)ccc32)CC1. The van der Waals surface area contributed by atoms with Crippen molar-refractivity contribution >= 4 is 34.4 Å². The number of aromatic nitrogens is 2. The molecule has 134 valence electrons. The quantitative estimate of drug-likeness (QED) is 0.719.